The first-order valence-electron chi connectivity index (χ1n) is 9.85. The lowest BCUT2D eigenvalue weighted by molar-refractivity contribution is -0.125. The van der Waals surface area contributed by atoms with Crippen LogP contribution in [0.25, 0.3) is 0 Å². The van der Waals surface area contributed by atoms with E-state index in [4.69, 9.17) is 0 Å². The van der Waals surface area contributed by atoms with Gasteiger partial charge in [0.15, 0.2) is 0 Å². The molecule has 3 N–H and O–H groups in total. The number of imide groups is 1. The van der Waals surface area contributed by atoms with Crippen LogP contribution < -0.4 is 16.0 Å². The second-order valence-electron chi connectivity index (χ2n) is 7.28. The first kappa shape index (κ1) is 21.9. The molecule has 0 spiro atoms. The molecule has 1 unspecified atom stereocenters. The molecule has 0 radical (unpaired) electrons. The predicted octanol–water partition coefficient (Wildman–Crippen LogP) is 2.84. The van der Waals surface area contributed by atoms with Crippen LogP contribution in [0.15, 0.2) is 48.5 Å². The van der Waals surface area contributed by atoms with E-state index in [0.29, 0.717) is 11.4 Å². The minimum atomic E-state index is -0.494. The van der Waals surface area contributed by atoms with Crippen LogP contribution in [0.5, 0.6) is 0 Å². The first-order valence-corrected chi connectivity index (χ1v) is 9.85. The molecule has 1 aliphatic heterocycles. The maximum atomic E-state index is 13.0. The van der Waals surface area contributed by atoms with Gasteiger partial charge in [-0.05, 0) is 47.9 Å². The molecule has 0 aromatic heterocycles. The second-order valence-corrected chi connectivity index (χ2v) is 7.28. The van der Waals surface area contributed by atoms with E-state index in [-0.39, 0.29) is 55.4 Å². The summed E-state index contributed by atoms with van der Waals surface area (Å²) in [4.78, 5) is 48.3. The fraction of sp³-hybridized carbons (Fsp3) is 0.273. The Balaban J connectivity index is 1.45. The van der Waals surface area contributed by atoms with Gasteiger partial charge < -0.3 is 16.0 Å². The molecule has 3 rings (SSSR count). The van der Waals surface area contributed by atoms with E-state index < -0.39 is 6.03 Å². The summed E-state index contributed by atoms with van der Waals surface area (Å²) in [5.41, 5.74) is 1.98. The number of halogens is 1. The van der Waals surface area contributed by atoms with Crippen molar-refractivity contribution in [2.75, 3.05) is 23.7 Å². The van der Waals surface area contributed by atoms with Crippen molar-refractivity contribution in [3.63, 3.8) is 0 Å². The molecule has 9 heteroatoms. The summed E-state index contributed by atoms with van der Waals surface area (Å²) in [5, 5.41) is 7.87. The highest BCUT2D eigenvalue weighted by Gasteiger charge is 2.28. The summed E-state index contributed by atoms with van der Waals surface area (Å²) in [6.07, 6.45) is 0.228. The Kier molecular flexibility index (Phi) is 6.96. The number of hydrogen-bond donors (Lipinski definition) is 3. The lowest BCUT2D eigenvalue weighted by Gasteiger charge is -2.13. The number of anilines is 2. The van der Waals surface area contributed by atoms with Crippen molar-refractivity contribution in [3.8, 4) is 0 Å². The van der Waals surface area contributed by atoms with Crippen LogP contribution in [0.1, 0.15) is 31.2 Å². The number of nitrogens with one attached hydrogen (secondary N) is 3. The Bertz CT molecular complexity index is 960. The Morgan fingerprint density at radius 2 is 1.58 bits per heavy atom. The molecule has 1 fully saturated rings. The van der Waals surface area contributed by atoms with Crippen molar-refractivity contribution < 1.29 is 23.6 Å². The number of rotatable bonds is 8. The highest BCUT2D eigenvalue weighted by atomic mass is 19.1. The van der Waals surface area contributed by atoms with Crippen molar-refractivity contribution in [2.24, 2.45) is 0 Å². The molecule has 162 valence electrons. The maximum absolute atomic E-state index is 13.0. The molecule has 5 amide bonds. The smallest absolute Gasteiger partial charge is 0.324 e. The molecule has 1 saturated heterocycles. The Hall–Kier alpha value is -3.75. The summed E-state index contributed by atoms with van der Waals surface area (Å²) in [6, 6.07) is 12.2. The maximum Gasteiger partial charge on any atom is 0.324 e. The van der Waals surface area contributed by atoms with Crippen LogP contribution in [0, 0.1) is 5.82 Å². The first-order chi connectivity index (χ1) is 14.8. The molecule has 8 nitrogen and oxygen atoms in total. The second kappa shape index (κ2) is 9.84. The van der Waals surface area contributed by atoms with Crippen LogP contribution in [-0.2, 0) is 14.4 Å². The van der Waals surface area contributed by atoms with Gasteiger partial charge in [0, 0.05) is 30.8 Å². The normalized spacial score (nSPS) is 14.2. The Labute approximate surface area is 178 Å². The van der Waals surface area contributed by atoms with E-state index in [9.17, 15) is 23.6 Å². The number of carbonyl (C=O) groups is 4. The zero-order valence-electron chi connectivity index (χ0n) is 17.0. The minimum Gasteiger partial charge on any atom is -0.329 e. The van der Waals surface area contributed by atoms with Gasteiger partial charge in [0.1, 0.15) is 5.82 Å². The van der Waals surface area contributed by atoms with Crippen LogP contribution >= 0.6 is 0 Å². The fourth-order valence-corrected chi connectivity index (χ4v) is 3.15. The van der Waals surface area contributed by atoms with Crippen molar-refractivity contribution in [3.05, 3.63) is 59.9 Å². The van der Waals surface area contributed by atoms with E-state index in [1.807, 2.05) is 6.92 Å². The lowest BCUT2D eigenvalue weighted by Crippen LogP contribution is -2.33. The molecule has 2 aromatic rings. The number of urea groups is 1. The minimum absolute atomic E-state index is 0.0108. The summed E-state index contributed by atoms with van der Waals surface area (Å²) >= 11 is 0. The average molecular weight is 426 g/mol. The molecule has 1 aliphatic rings. The average Bonchev–Trinajstić information content (AvgIpc) is 3.05. The topological polar surface area (TPSA) is 108 Å². The van der Waals surface area contributed by atoms with Crippen LogP contribution in [-0.4, -0.2) is 41.7 Å². The van der Waals surface area contributed by atoms with E-state index in [0.717, 1.165) is 10.5 Å². The standard InChI is InChI=1S/C22H23FN4O4/c1-14(15-2-4-16(23)5-3-15)12-20(29)26-18-8-6-17(7-9-18)25-19(28)10-11-27-21(30)13-24-22(27)31/h2-9,14H,10-13H2,1H3,(H,24,31)(H,25,28)(H,26,29). The quantitative estimate of drug-likeness (QED) is 0.564. The van der Waals surface area contributed by atoms with E-state index >= 15 is 0 Å². The summed E-state index contributed by atoms with van der Waals surface area (Å²) < 4.78 is 13.0. The highest BCUT2D eigenvalue weighted by Crippen LogP contribution is 2.21. The largest absolute Gasteiger partial charge is 0.329 e. The van der Waals surface area contributed by atoms with Gasteiger partial charge in [-0.15, -0.1) is 0 Å². The monoisotopic (exact) mass is 426 g/mol. The molecular weight excluding hydrogens is 403 g/mol. The highest BCUT2D eigenvalue weighted by molar-refractivity contribution is 6.02. The zero-order chi connectivity index (χ0) is 22.4. The predicted molar refractivity (Wildman–Crippen MR) is 113 cm³/mol. The van der Waals surface area contributed by atoms with Crippen LogP contribution in [0.4, 0.5) is 20.6 Å². The van der Waals surface area contributed by atoms with Gasteiger partial charge in [0.2, 0.25) is 17.7 Å². The molecule has 1 heterocycles. The SMILES string of the molecule is CC(CC(=O)Nc1ccc(NC(=O)CCN2C(=O)CNC2=O)cc1)c1ccc(F)cc1. The third-order valence-electron chi connectivity index (χ3n) is 4.88. The third kappa shape index (κ3) is 6.11. The van der Waals surface area contributed by atoms with E-state index in [2.05, 4.69) is 16.0 Å². The van der Waals surface area contributed by atoms with E-state index in [1.165, 1.54) is 12.1 Å². The van der Waals surface area contributed by atoms with Gasteiger partial charge in [0.25, 0.3) is 0 Å². The molecule has 0 saturated carbocycles. The Morgan fingerprint density at radius 3 is 2.13 bits per heavy atom. The van der Waals surface area contributed by atoms with Gasteiger partial charge in [0.05, 0.1) is 6.54 Å². The van der Waals surface area contributed by atoms with Gasteiger partial charge in [-0.25, -0.2) is 9.18 Å². The molecular formula is C22H23FN4O4. The third-order valence-corrected chi connectivity index (χ3v) is 4.88. The van der Waals surface area contributed by atoms with Crippen molar-refractivity contribution in [1.82, 2.24) is 10.2 Å². The van der Waals surface area contributed by atoms with Crippen LogP contribution in [0.2, 0.25) is 0 Å². The number of hydrogen-bond acceptors (Lipinski definition) is 4. The molecule has 0 aliphatic carbocycles. The molecule has 31 heavy (non-hydrogen) atoms. The summed E-state index contributed by atoms with van der Waals surface area (Å²) in [5.74, 6) is -1.25. The Morgan fingerprint density at radius 1 is 1.00 bits per heavy atom. The fourth-order valence-electron chi connectivity index (χ4n) is 3.15. The summed E-state index contributed by atoms with van der Waals surface area (Å²) in [7, 11) is 0. The van der Waals surface area contributed by atoms with Crippen molar-refractivity contribution in [1.29, 1.82) is 0 Å². The van der Waals surface area contributed by atoms with Crippen LogP contribution in [0.3, 0.4) is 0 Å². The number of amides is 5. The van der Waals surface area contributed by atoms with Gasteiger partial charge in [-0.1, -0.05) is 19.1 Å². The number of benzene rings is 2. The zero-order valence-corrected chi connectivity index (χ0v) is 17.0. The lowest BCUT2D eigenvalue weighted by atomic mass is 9.97. The van der Waals surface area contributed by atoms with E-state index in [1.54, 1.807) is 36.4 Å². The molecule has 2 aromatic carbocycles. The number of nitrogens with zero attached hydrogens (tertiary/aromatic N) is 1. The van der Waals surface area contributed by atoms with Gasteiger partial charge in [-0.2, -0.15) is 0 Å². The number of carbonyl (C=O) groups excluding carboxylic acids is 4. The van der Waals surface area contributed by atoms with Gasteiger partial charge in [-0.3, -0.25) is 19.3 Å². The molecule has 1 atom stereocenters. The van der Waals surface area contributed by atoms with Gasteiger partial charge >= 0.3 is 6.03 Å². The molecule has 0 bridgehead atoms. The van der Waals surface area contributed by atoms with Crippen molar-refractivity contribution in [2.45, 2.75) is 25.7 Å². The van der Waals surface area contributed by atoms with Crippen molar-refractivity contribution >= 4 is 35.1 Å². The summed E-state index contributed by atoms with van der Waals surface area (Å²) in [6.45, 7) is 1.86.